The number of anilines is 2. The van der Waals surface area contributed by atoms with Crippen LogP contribution in [-0.2, 0) is 4.79 Å². The summed E-state index contributed by atoms with van der Waals surface area (Å²) in [5.41, 5.74) is 1.95. The number of carbonyl (C=O) groups is 2. The maximum atomic E-state index is 12.0. The van der Waals surface area contributed by atoms with Crippen LogP contribution >= 0.6 is 0 Å². The van der Waals surface area contributed by atoms with Gasteiger partial charge in [-0.25, -0.2) is 0 Å². The molecule has 0 atom stereocenters. The van der Waals surface area contributed by atoms with Crippen LogP contribution in [0.5, 0.6) is 5.75 Å². The van der Waals surface area contributed by atoms with E-state index < -0.39 is 0 Å². The molecule has 0 saturated heterocycles. The molecular weight excluding hydrogens is 280 g/mol. The molecule has 0 aliphatic rings. The van der Waals surface area contributed by atoms with Crippen molar-refractivity contribution >= 4 is 23.1 Å². The molecule has 0 unspecified atom stereocenters. The van der Waals surface area contributed by atoms with Gasteiger partial charge in [0.25, 0.3) is 0 Å². The van der Waals surface area contributed by atoms with Gasteiger partial charge in [0.05, 0.1) is 19.3 Å². The van der Waals surface area contributed by atoms with E-state index in [1.165, 1.54) is 6.92 Å². The zero-order valence-corrected chi connectivity index (χ0v) is 12.6. The Hall–Kier alpha value is -2.82. The standard InChI is InChI=1S/C17H18N2O3/c1-12(20)13-6-5-7-14(10-13)18-11-17(21)19-15-8-3-4-9-16(15)22-2/h3-10,18H,11H2,1-2H3,(H,19,21). The van der Waals surface area contributed by atoms with E-state index in [9.17, 15) is 9.59 Å². The zero-order chi connectivity index (χ0) is 15.9. The first-order valence-electron chi connectivity index (χ1n) is 6.88. The summed E-state index contributed by atoms with van der Waals surface area (Å²) in [5.74, 6) is 0.397. The summed E-state index contributed by atoms with van der Waals surface area (Å²) in [6, 6.07) is 14.2. The van der Waals surface area contributed by atoms with Crippen molar-refractivity contribution in [2.45, 2.75) is 6.92 Å². The molecule has 2 rings (SSSR count). The van der Waals surface area contributed by atoms with E-state index >= 15 is 0 Å². The second-order valence-corrected chi connectivity index (χ2v) is 4.74. The molecule has 0 heterocycles. The molecule has 2 N–H and O–H groups in total. The van der Waals surface area contributed by atoms with Gasteiger partial charge in [-0.2, -0.15) is 0 Å². The number of amides is 1. The Labute approximate surface area is 129 Å². The Kier molecular flexibility index (Phi) is 5.14. The topological polar surface area (TPSA) is 67.4 Å². The fourth-order valence-electron chi connectivity index (χ4n) is 1.97. The summed E-state index contributed by atoms with van der Waals surface area (Å²) < 4.78 is 5.18. The van der Waals surface area contributed by atoms with Crippen LogP contribution in [0.25, 0.3) is 0 Å². The predicted molar refractivity (Wildman–Crippen MR) is 86.6 cm³/mol. The number of methoxy groups -OCH3 is 1. The van der Waals surface area contributed by atoms with E-state index in [0.717, 1.165) is 5.69 Å². The van der Waals surface area contributed by atoms with Crippen molar-refractivity contribution in [1.82, 2.24) is 0 Å². The second kappa shape index (κ2) is 7.26. The van der Waals surface area contributed by atoms with Crippen molar-refractivity contribution in [2.24, 2.45) is 0 Å². The van der Waals surface area contributed by atoms with Crippen LogP contribution in [0.3, 0.4) is 0 Å². The average molecular weight is 298 g/mol. The quantitative estimate of drug-likeness (QED) is 0.805. The number of benzene rings is 2. The molecule has 1 amide bonds. The van der Waals surface area contributed by atoms with Crippen LogP contribution < -0.4 is 15.4 Å². The van der Waals surface area contributed by atoms with Crippen molar-refractivity contribution in [3.05, 3.63) is 54.1 Å². The van der Waals surface area contributed by atoms with Crippen molar-refractivity contribution < 1.29 is 14.3 Å². The molecule has 0 saturated carbocycles. The molecule has 0 spiro atoms. The predicted octanol–water partition coefficient (Wildman–Crippen LogP) is 2.95. The Balaban J connectivity index is 1.95. The first kappa shape index (κ1) is 15.6. The van der Waals surface area contributed by atoms with Gasteiger partial charge in [-0.15, -0.1) is 0 Å². The van der Waals surface area contributed by atoms with Gasteiger partial charge in [0, 0.05) is 11.3 Å². The minimum absolute atomic E-state index is 0.0119. The second-order valence-electron chi connectivity index (χ2n) is 4.74. The van der Waals surface area contributed by atoms with Crippen molar-refractivity contribution in [3.63, 3.8) is 0 Å². The molecule has 5 heteroatoms. The van der Waals surface area contributed by atoms with Crippen molar-refractivity contribution in [3.8, 4) is 5.75 Å². The number of Topliss-reactive ketones (excluding diaryl/α,β-unsaturated/α-hetero) is 1. The number of carbonyl (C=O) groups excluding carboxylic acids is 2. The number of ketones is 1. The van der Waals surface area contributed by atoms with Gasteiger partial charge in [-0.3, -0.25) is 9.59 Å². The van der Waals surface area contributed by atoms with Crippen LogP contribution in [0.4, 0.5) is 11.4 Å². The molecule has 114 valence electrons. The highest BCUT2D eigenvalue weighted by molar-refractivity contribution is 5.96. The van der Waals surface area contributed by atoms with Crippen LogP contribution in [0.1, 0.15) is 17.3 Å². The smallest absolute Gasteiger partial charge is 0.243 e. The number of ether oxygens (including phenoxy) is 1. The van der Waals surface area contributed by atoms with E-state index in [2.05, 4.69) is 10.6 Å². The lowest BCUT2D eigenvalue weighted by atomic mass is 10.1. The van der Waals surface area contributed by atoms with Crippen LogP contribution in [0, 0.1) is 0 Å². The molecule has 0 fully saturated rings. The van der Waals surface area contributed by atoms with Gasteiger partial charge in [0.1, 0.15) is 5.75 Å². The van der Waals surface area contributed by atoms with Crippen molar-refractivity contribution in [1.29, 1.82) is 0 Å². The van der Waals surface area contributed by atoms with Crippen LogP contribution in [-0.4, -0.2) is 25.3 Å². The molecule has 0 aromatic heterocycles. The molecule has 2 aromatic rings. The van der Waals surface area contributed by atoms with Gasteiger partial charge < -0.3 is 15.4 Å². The Bertz CT molecular complexity index is 683. The minimum Gasteiger partial charge on any atom is -0.495 e. The highest BCUT2D eigenvalue weighted by atomic mass is 16.5. The van der Waals surface area contributed by atoms with E-state index in [4.69, 9.17) is 4.74 Å². The maximum Gasteiger partial charge on any atom is 0.243 e. The fourth-order valence-corrected chi connectivity index (χ4v) is 1.97. The van der Waals surface area contributed by atoms with Gasteiger partial charge in [-0.1, -0.05) is 24.3 Å². The third-order valence-corrected chi connectivity index (χ3v) is 3.10. The lowest BCUT2D eigenvalue weighted by molar-refractivity contribution is -0.114. The lowest BCUT2D eigenvalue weighted by Crippen LogP contribution is -2.22. The highest BCUT2D eigenvalue weighted by Gasteiger charge is 2.07. The Morgan fingerprint density at radius 2 is 1.86 bits per heavy atom. The minimum atomic E-state index is -0.197. The third kappa shape index (κ3) is 4.09. The Morgan fingerprint density at radius 3 is 2.59 bits per heavy atom. The lowest BCUT2D eigenvalue weighted by Gasteiger charge is -2.11. The van der Waals surface area contributed by atoms with E-state index in [1.54, 1.807) is 37.4 Å². The number of para-hydroxylation sites is 2. The highest BCUT2D eigenvalue weighted by Crippen LogP contribution is 2.22. The number of nitrogens with one attached hydrogen (secondary N) is 2. The number of hydrogen-bond donors (Lipinski definition) is 2. The van der Waals surface area contributed by atoms with Gasteiger partial charge in [0.15, 0.2) is 5.78 Å². The summed E-state index contributed by atoms with van der Waals surface area (Å²) >= 11 is 0. The molecule has 0 bridgehead atoms. The first-order valence-corrected chi connectivity index (χ1v) is 6.88. The molecule has 2 aromatic carbocycles. The monoisotopic (exact) mass is 298 g/mol. The van der Waals surface area contributed by atoms with E-state index in [-0.39, 0.29) is 18.2 Å². The van der Waals surface area contributed by atoms with Gasteiger partial charge in [0.2, 0.25) is 5.91 Å². The first-order chi connectivity index (χ1) is 10.6. The third-order valence-electron chi connectivity index (χ3n) is 3.10. The summed E-state index contributed by atoms with van der Waals surface area (Å²) in [6.07, 6.45) is 0. The molecule has 0 aliphatic heterocycles. The normalized spacial score (nSPS) is 9.91. The molecule has 0 radical (unpaired) electrons. The summed E-state index contributed by atoms with van der Waals surface area (Å²) in [7, 11) is 1.55. The van der Waals surface area contributed by atoms with Gasteiger partial charge in [-0.05, 0) is 31.2 Å². The van der Waals surface area contributed by atoms with Crippen LogP contribution in [0.2, 0.25) is 0 Å². The average Bonchev–Trinajstić information content (AvgIpc) is 2.53. The Morgan fingerprint density at radius 1 is 1.09 bits per heavy atom. The number of hydrogen-bond acceptors (Lipinski definition) is 4. The fraction of sp³-hybridized carbons (Fsp3) is 0.176. The van der Waals surface area contributed by atoms with E-state index in [1.807, 2.05) is 18.2 Å². The van der Waals surface area contributed by atoms with Crippen LogP contribution in [0.15, 0.2) is 48.5 Å². The molecule has 0 aliphatic carbocycles. The summed E-state index contributed by atoms with van der Waals surface area (Å²) in [6.45, 7) is 1.60. The molecule has 22 heavy (non-hydrogen) atoms. The zero-order valence-electron chi connectivity index (χ0n) is 12.6. The summed E-state index contributed by atoms with van der Waals surface area (Å²) in [4.78, 5) is 23.3. The number of rotatable bonds is 6. The maximum absolute atomic E-state index is 12.0. The van der Waals surface area contributed by atoms with E-state index in [0.29, 0.717) is 17.0 Å². The SMILES string of the molecule is COc1ccccc1NC(=O)CNc1cccc(C(C)=O)c1. The largest absolute Gasteiger partial charge is 0.495 e. The van der Waals surface area contributed by atoms with Gasteiger partial charge >= 0.3 is 0 Å². The summed E-state index contributed by atoms with van der Waals surface area (Å²) in [5, 5.41) is 5.77. The molecule has 5 nitrogen and oxygen atoms in total. The van der Waals surface area contributed by atoms with Crippen molar-refractivity contribution in [2.75, 3.05) is 24.3 Å². The molecular formula is C17H18N2O3.